The van der Waals surface area contributed by atoms with Crippen LogP contribution in [0.15, 0.2) is 51.9 Å². The molecule has 0 fully saturated rings. The molecule has 0 saturated heterocycles. The Labute approximate surface area is 202 Å². The molecule has 4 rings (SSSR count). The molecular weight excluding hydrogens is 474 g/mol. The number of primary sulfonamides is 1. The van der Waals surface area contributed by atoms with E-state index in [4.69, 9.17) is 19.1 Å². The first-order valence-electron chi connectivity index (χ1n) is 10.8. The van der Waals surface area contributed by atoms with Gasteiger partial charge in [-0.05, 0) is 75.2 Å². The van der Waals surface area contributed by atoms with E-state index < -0.39 is 28.5 Å². The third-order valence-electron chi connectivity index (χ3n) is 5.84. The predicted octanol–water partition coefficient (Wildman–Crippen LogP) is 2.65. The maximum Gasteiger partial charge on any atom is 0.338 e. The van der Waals surface area contributed by atoms with Crippen molar-refractivity contribution in [3.8, 4) is 5.75 Å². The average molecular weight is 500 g/mol. The lowest BCUT2D eigenvalue weighted by molar-refractivity contribution is -0.122. The Morgan fingerprint density at radius 2 is 1.89 bits per heavy atom. The molecule has 10 nitrogen and oxygen atoms in total. The van der Waals surface area contributed by atoms with Gasteiger partial charge in [0.1, 0.15) is 18.1 Å². The number of esters is 1. The maximum atomic E-state index is 12.8. The molecule has 2 aromatic carbocycles. The van der Waals surface area contributed by atoms with Gasteiger partial charge in [0.05, 0.1) is 21.7 Å². The Hall–Kier alpha value is -3.70. The second kappa shape index (κ2) is 9.51. The maximum absolute atomic E-state index is 12.8. The lowest BCUT2D eigenvalue weighted by Crippen LogP contribution is -2.38. The molecule has 2 heterocycles. The molecule has 35 heavy (non-hydrogen) atoms. The minimum absolute atomic E-state index is 0.0108. The largest absolute Gasteiger partial charge is 0.489 e. The van der Waals surface area contributed by atoms with Crippen LogP contribution in [-0.2, 0) is 32.6 Å². The Morgan fingerprint density at radius 3 is 2.51 bits per heavy atom. The molecule has 3 aromatic rings. The van der Waals surface area contributed by atoms with Crippen molar-refractivity contribution in [3.63, 3.8) is 0 Å². The molecule has 1 aromatic heterocycles. The molecule has 1 aliphatic rings. The number of carbonyl (C=O) groups excluding carboxylic acids is 2. The highest BCUT2D eigenvalue weighted by atomic mass is 32.2. The van der Waals surface area contributed by atoms with Gasteiger partial charge < -0.3 is 18.9 Å². The van der Waals surface area contributed by atoms with Crippen LogP contribution in [-0.4, -0.2) is 38.1 Å². The van der Waals surface area contributed by atoms with E-state index in [9.17, 15) is 18.0 Å². The summed E-state index contributed by atoms with van der Waals surface area (Å²) in [6.45, 7) is 5.30. The Kier molecular flexibility index (Phi) is 6.64. The number of amides is 1. The van der Waals surface area contributed by atoms with E-state index in [0.717, 1.165) is 11.3 Å². The lowest BCUT2D eigenvalue weighted by atomic mass is 10.1. The smallest absolute Gasteiger partial charge is 0.338 e. The van der Waals surface area contributed by atoms with E-state index >= 15 is 0 Å². The monoisotopic (exact) mass is 499 g/mol. The molecule has 1 aliphatic heterocycles. The highest BCUT2D eigenvalue weighted by molar-refractivity contribution is 7.89. The number of sulfonamides is 1. The zero-order valence-electron chi connectivity index (χ0n) is 19.5. The molecule has 0 bridgehead atoms. The molecular formula is C24H25N3O7S. The minimum atomic E-state index is -3.84. The first kappa shape index (κ1) is 24.4. The summed E-state index contributed by atoms with van der Waals surface area (Å²) in [7, 11) is -3.84. The van der Waals surface area contributed by atoms with Crippen LogP contribution >= 0.6 is 0 Å². The summed E-state index contributed by atoms with van der Waals surface area (Å²) in [5.41, 5.74) is 3.16. The van der Waals surface area contributed by atoms with Crippen LogP contribution in [0.25, 0.3) is 0 Å². The van der Waals surface area contributed by atoms with E-state index in [1.807, 2.05) is 20.8 Å². The number of aromatic nitrogens is 1. The molecule has 0 radical (unpaired) electrons. The normalized spacial score (nSPS) is 15.1. The van der Waals surface area contributed by atoms with Crippen LogP contribution < -0.4 is 14.8 Å². The van der Waals surface area contributed by atoms with Gasteiger partial charge in [0.25, 0.3) is 5.91 Å². The summed E-state index contributed by atoms with van der Waals surface area (Å²) < 4.78 is 39.3. The topological polar surface area (TPSA) is 142 Å². The van der Waals surface area contributed by atoms with Crippen molar-refractivity contribution in [3.05, 3.63) is 70.6 Å². The number of ether oxygens (including phenoxy) is 2. The Bertz CT molecular complexity index is 1360. The van der Waals surface area contributed by atoms with Crippen molar-refractivity contribution in [1.29, 1.82) is 0 Å². The van der Waals surface area contributed by atoms with E-state index in [2.05, 4.69) is 5.16 Å². The molecule has 0 saturated carbocycles. The molecule has 184 valence electrons. The summed E-state index contributed by atoms with van der Waals surface area (Å²) in [5, 5.41) is 9.08. The minimum Gasteiger partial charge on any atom is -0.489 e. The van der Waals surface area contributed by atoms with E-state index in [1.165, 1.54) is 17.0 Å². The van der Waals surface area contributed by atoms with Crippen molar-refractivity contribution in [1.82, 2.24) is 5.16 Å². The number of hydrogen-bond donors (Lipinski definition) is 1. The SMILES string of the molecule is Cc1noc(C)c1COc1ccc(C(=O)OCC(=O)N2c3ccc(S(N)(=O)=O)cc3CC2C)cc1. The van der Waals surface area contributed by atoms with Crippen LogP contribution in [0.5, 0.6) is 5.75 Å². The van der Waals surface area contributed by atoms with Gasteiger partial charge in [-0.1, -0.05) is 5.16 Å². The van der Waals surface area contributed by atoms with Crippen molar-refractivity contribution in [2.45, 2.75) is 44.7 Å². The zero-order chi connectivity index (χ0) is 25.3. The molecule has 1 amide bonds. The van der Waals surface area contributed by atoms with E-state index in [-0.39, 0.29) is 23.1 Å². The van der Waals surface area contributed by atoms with Crippen LogP contribution in [0.3, 0.4) is 0 Å². The van der Waals surface area contributed by atoms with Crippen molar-refractivity contribution in [2.75, 3.05) is 11.5 Å². The van der Waals surface area contributed by atoms with Crippen LogP contribution in [0.4, 0.5) is 5.69 Å². The number of rotatable bonds is 7. The van der Waals surface area contributed by atoms with Gasteiger partial charge in [0.2, 0.25) is 10.0 Å². The van der Waals surface area contributed by atoms with Gasteiger partial charge in [0, 0.05) is 11.7 Å². The molecule has 11 heteroatoms. The Balaban J connectivity index is 1.35. The first-order chi connectivity index (χ1) is 16.5. The number of nitrogens with zero attached hydrogens (tertiary/aromatic N) is 2. The number of hydrogen-bond acceptors (Lipinski definition) is 8. The summed E-state index contributed by atoms with van der Waals surface area (Å²) in [4.78, 5) is 26.8. The third-order valence-corrected chi connectivity index (χ3v) is 6.76. The molecule has 2 N–H and O–H groups in total. The third kappa shape index (κ3) is 5.20. The van der Waals surface area contributed by atoms with Gasteiger partial charge >= 0.3 is 5.97 Å². The number of anilines is 1. The quantitative estimate of drug-likeness (QED) is 0.489. The fraction of sp³-hybridized carbons (Fsp3) is 0.292. The van der Waals surface area contributed by atoms with Gasteiger partial charge in [-0.25, -0.2) is 18.4 Å². The highest BCUT2D eigenvalue weighted by Gasteiger charge is 2.32. The lowest BCUT2D eigenvalue weighted by Gasteiger charge is -2.22. The predicted molar refractivity (Wildman–Crippen MR) is 126 cm³/mol. The van der Waals surface area contributed by atoms with Gasteiger partial charge in [-0.3, -0.25) is 4.79 Å². The van der Waals surface area contributed by atoms with Crippen LogP contribution in [0.2, 0.25) is 0 Å². The zero-order valence-corrected chi connectivity index (χ0v) is 20.3. The van der Waals surface area contributed by atoms with Crippen molar-refractivity contribution < 1.29 is 32.0 Å². The molecule has 0 aliphatic carbocycles. The number of carbonyl (C=O) groups is 2. The standard InChI is InChI=1S/C24H25N3O7S/c1-14-10-18-11-20(35(25,30)31)8-9-22(18)27(14)23(28)13-33-24(29)17-4-6-19(7-5-17)32-12-21-15(2)26-34-16(21)3/h4-9,11,14H,10,12-13H2,1-3H3,(H2,25,30,31). The van der Waals surface area contributed by atoms with Crippen molar-refractivity contribution in [2.24, 2.45) is 5.14 Å². The number of fused-ring (bicyclic) bond motifs is 1. The summed E-state index contributed by atoms with van der Waals surface area (Å²) >= 11 is 0. The first-order valence-corrected chi connectivity index (χ1v) is 12.4. The van der Waals surface area contributed by atoms with Crippen LogP contribution in [0.1, 0.15) is 39.9 Å². The van der Waals surface area contributed by atoms with Crippen molar-refractivity contribution >= 4 is 27.6 Å². The summed E-state index contributed by atoms with van der Waals surface area (Å²) in [6, 6.07) is 10.5. The number of nitrogens with two attached hydrogens (primary N) is 1. The summed E-state index contributed by atoms with van der Waals surface area (Å²) in [5.74, 6) is 0.186. The van der Waals surface area contributed by atoms with Gasteiger partial charge in [0.15, 0.2) is 6.61 Å². The number of aryl methyl sites for hydroxylation is 2. The summed E-state index contributed by atoms with van der Waals surface area (Å²) in [6.07, 6.45) is 0.466. The number of benzene rings is 2. The van der Waals surface area contributed by atoms with Gasteiger partial charge in [-0.15, -0.1) is 0 Å². The Morgan fingerprint density at radius 1 is 1.17 bits per heavy atom. The average Bonchev–Trinajstić information content (AvgIpc) is 3.32. The molecule has 0 spiro atoms. The molecule has 1 atom stereocenters. The second-order valence-corrected chi connectivity index (χ2v) is 9.91. The van der Waals surface area contributed by atoms with Crippen LogP contribution in [0, 0.1) is 13.8 Å². The fourth-order valence-electron chi connectivity index (χ4n) is 4.00. The van der Waals surface area contributed by atoms with E-state index in [0.29, 0.717) is 29.2 Å². The highest BCUT2D eigenvalue weighted by Crippen LogP contribution is 2.33. The fourth-order valence-corrected chi connectivity index (χ4v) is 4.56. The molecule has 1 unspecified atom stereocenters. The van der Waals surface area contributed by atoms with Gasteiger partial charge in [-0.2, -0.15) is 0 Å². The van der Waals surface area contributed by atoms with E-state index in [1.54, 1.807) is 30.3 Å². The second-order valence-electron chi connectivity index (χ2n) is 8.34.